The predicted molar refractivity (Wildman–Crippen MR) is 85.8 cm³/mol. The van der Waals surface area contributed by atoms with Crippen molar-refractivity contribution in [1.82, 2.24) is 4.90 Å². The molecule has 0 spiro atoms. The van der Waals surface area contributed by atoms with Crippen molar-refractivity contribution in [2.45, 2.75) is 51.6 Å². The number of nitrogens with zero attached hydrogens (tertiary/aromatic N) is 1. The van der Waals surface area contributed by atoms with E-state index >= 15 is 0 Å². The minimum Gasteiger partial charge on any atom is -0.396 e. The minimum absolute atomic E-state index is 0.152. The number of nitrogens with two attached hydrogens (primary N) is 1. The van der Waals surface area contributed by atoms with Gasteiger partial charge in [0.05, 0.1) is 0 Å². The van der Waals surface area contributed by atoms with Gasteiger partial charge in [-0.2, -0.15) is 0 Å². The molecule has 3 nitrogen and oxygen atoms in total. The van der Waals surface area contributed by atoms with Crippen molar-refractivity contribution in [2.75, 3.05) is 20.2 Å². The molecule has 2 atom stereocenters. The number of rotatable bonds is 9. The maximum absolute atomic E-state index is 8.85. The van der Waals surface area contributed by atoms with Crippen LogP contribution in [0.5, 0.6) is 0 Å². The first kappa shape index (κ1) is 17.2. The fraction of sp³-hybridized carbons (Fsp3) is 0.647. The first-order valence-electron chi connectivity index (χ1n) is 7.74. The van der Waals surface area contributed by atoms with Crippen LogP contribution in [-0.4, -0.2) is 36.2 Å². The minimum atomic E-state index is 0.152. The van der Waals surface area contributed by atoms with Crippen molar-refractivity contribution < 1.29 is 5.11 Å². The lowest BCUT2D eigenvalue weighted by atomic mass is 9.93. The summed E-state index contributed by atoms with van der Waals surface area (Å²) < 4.78 is 0. The van der Waals surface area contributed by atoms with Crippen molar-refractivity contribution in [1.29, 1.82) is 0 Å². The van der Waals surface area contributed by atoms with E-state index in [0.29, 0.717) is 6.61 Å². The van der Waals surface area contributed by atoms with Gasteiger partial charge in [0, 0.05) is 18.7 Å². The zero-order valence-electron chi connectivity index (χ0n) is 13.2. The van der Waals surface area contributed by atoms with Crippen LogP contribution in [0.25, 0.3) is 0 Å². The molecule has 0 bridgehead atoms. The van der Waals surface area contributed by atoms with E-state index in [2.05, 4.69) is 50.1 Å². The highest BCUT2D eigenvalue weighted by Gasteiger charge is 2.23. The molecule has 0 aromatic heterocycles. The van der Waals surface area contributed by atoms with Gasteiger partial charge in [0.25, 0.3) is 0 Å². The van der Waals surface area contributed by atoms with Crippen LogP contribution in [0.4, 0.5) is 0 Å². The molecule has 0 aliphatic rings. The Labute approximate surface area is 123 Å². The van der Waals surface area contributed by atoms with E-state index < -0.39 is 0 Å². The van der Waals surface area contributed by atoms with Gasteiger partial charge in [0.2, 0.25) is 0 Å². The summed E-state index contributed by atoms with van der Waals surface area (Å²) in [6, 6.07) is 8.95. The van der Waals surface area contributed by atoms with E-state index in [4.69, 9.17) is 10.8 Å². The number of benzene rings is 1. The standard InChI is InChI=1S/C17H30N2O/c1-4-16(18)17(15-11-7-6-10-14(15)2)19(3)12-8-5-9-13-20/h6-7,10-11,16-17,20H,4-5,8-9,12-13,18H2,1-3H3. The normalized spacial score (nSPS) is 14.5. The SMILES string of the molecule is CCC(N)C(c1ccccc1C)N(C)CCCCCO. The number of hydrogen-bond acceptors (Lipinski definition) is 3. The van der Waals surface area contributed by atoms with Crippen LogP contribution in [0.3, 0.4) is 0 Å². The maximum Gasteiger partial charge on any atom is 0.0498 e. The molecule has 1 rings (SSSR count). The highest BCUT2D eigenvalue weighted by Crippen LogP contribution is 2.26. The third-order valence-corrected chi connectivity index (χ3v) is 4.03. The van der Waals surface area contributed by atoms with Gasteiger partial charge in [-0.1, -0.05) is 31.2 Å². The van der Waals surface area contributed by atoms with E-state index in [-0.39, 0.29) is 12.1 Å². The topological polar surface area (TPSA) is 49.5 Å². The lowest BCUT2D eigenvalue weighted by molar-refractivity contribution is 0.201. The monoisotopic (exact) mass is 278 g/mol. The molecule has 0 amide bonds. The van der Waals surface area contributed by atoms with Gasteiger partial charge in [-0.15, -0.1) is 0 Å². The first-order chi connectivity index (χ1) is 9.61. The molecule has 0 aliphatic heterocycles. The van der Waals surface area contributed by atoms with E-state index in [0.717, 1.165) is 32.2 Å². The second-order valence-corrected chi connectivity index (χ2v) is 5.64. The Morgan fingerprint density at radius 1 is 1.20 bits per heavy atom. The number of likely N-dealkylation sites (N-methyl/N-ethyl adjacent to an activating group) is 1. The van der Waals surface area contributed by atoms with Crippen LogP contribution in [-0.2, 0) is 0 Å². The molecule has 0 heterocycles. The summed E-state index contributed by atoms with van der Waals surface area (Å²) in [6.45, 7) is 5.62. The second kappa shape index (κ2) is 9.11. The first-order valence-corrected chi connectivity index (χ1v) is 7.74. The molecule has 0 fully saturated rings. The van der Waals surface area contributed by atoms with Crippen molar-refractivity contribution >= 4 is 0 Å². The number of unbranched alkanes of at least 4 members (excludes halogenated alkanes) is 2. The quantitative estimate of drug-likeness (QED) is 0.683. The summed E-state index contributed by atoms with van der Waals surface area (Å²) in [4.78, 5) is 2.37. The molecule has 2 unspecified atom stereocenters. The molecule has 0 radical (unpaired) electrons. The van der Waals surface area contributed by atoms with E-state index in [1.165, 1.54) is 11.1 Å². The van der Waals surface area contributed by atoms with Crippen molar-refractivity contribution in [3.63, 3.8) is 0 Å². The molecule has 20 heavy (non-hydrogen) atoms. The van der Waals surface area contributed by atoms with Crippen LogP contribution in [0, 0.1) is 6.92 Å². The van der Waals surface area contributed by atoms with Gasteiger partial charge in [-0.3, -0.25) is 4.90 Å². The Hall–Kier alpha value is -0.900. The Morgan fingerprint density at radius 2 is 1.90 bits per heavy atom. The van der Waals surface area contributed by atoms with E-state index in [9.17, 15) is 0 Å². The number of aliphatic hydroxyl groups excluding tert-OH is 1. The highest BCUT2D eigenvalue weighted by molar-refractivity contribution is 5.29. The summed E-state index contributed by atoms with van der Waals surface area (Å²) in [6.07, 6.45) is 4.04. The number of aliphatic hydroxyl groups is 1. The average Bonchev–Trinajstić information content (AvgIpc) is 2.45. The summed E-state index contributed by atoms with van der Waals surface area (Å²) in [5.41, 5.74) is 9.02. The van der Waals surface area contributed by atoms with Crippen LogP contribution >= 0.6 is 0 Å². The number of hydrogen-bond donors (Lipinski definition) is 2. The van der Waals surface area contributed by atoms with Crippen LogP contribution in [0.2, 0.25) is 0 Å². The van der Waals surface area contributed by atoms with E-state index in [1.807, 2.05) is 0 Å². The second-order valence-electron chi connectivity index (χ2n) is 5.64. The van der Waals surface area contributed by atoms with Gasteiger partial charge >= 0.3 is 0 Å². The fourth-order valence-corrected chi connectivity index (χ4v) is 2.73. The Kier molecular flexibility index (Phi) is 7.82. The Balaban J connectivity index is 2.76. The molecule has 1 aromatic carbocycles. The molecule has 114 valence electrons. The summed E-state index contributed by atoms with van der Waals surface area (Å²) in [5, 5.41) is 8.85. The number of aryl methyl sites for hydroxylation is 1. The zero-order valence-corrected chi connectivity index (χ0v) is 13.2. The summed E-state index contributed by atoms with van der Waals surface area (Å²) in [5.74, 6) is 0. The average molecular weight is 278 g/mol. The van der Waals surface area contributed by atoms with Crippen LogP contribution in [0.15, 0.2) is 24.3 Å². The highest BCUT2D eigenvalue weighted by atomic mass is 16.2. The molecule has 0 aliphatic carbocycles. The summed E-state index contributed by atoms with van der Waals surface area (Å²) >= 11 is 0. The van der Waals surface area contributed by atoms with Crippen molar-refractivity contribution in [3.05, 3.63) is 35.4 Å². The van der Waals surface area contributed by atoms with E-state index in [1.54, 1.807) is 0 Å². The molecule has 0 saturated heterocycles. The lowest BCUT2D eigenvalue weighted by Gasteiger charge is -2.33. The van der Waals surface area contributed by atoms with Gasteiger partial charge in [0.1, 0.15) is 0 Å². The third-order valence-electron chi connectivity index (χ3n) is 4.03. The Morgan fingerprint density at radius 3 is 2.50 bits per heavy atom. The smallest absolute Gasteiger partial charge is 0.0498 e. The molecule has 3 heteroatoms. The fourth-order valence-electron chi connectivity index (χ4n) is 2.73. The molecule has 3 N–H and O–H groups in total. The van der Waals surface area contributed by atoms with Gasteiger partial charge < -0.3 is 10.8 Å². The zero-order chi connectivity index (χ0) is 15.0. The molecular formula is C17H30N2O. The third kappa shape index (κ3) is 4.89. The largest absolute Gasteiger partial charge is 0.396 e. The van der Waals surface area contributed by atoms with Gasteiger partial charge in [-0.25, -0.2) is 0 Å². The molecular weight excluding hydrogens is 248 g/mol. The predicted octanol–water partition coefficient (Wildman–Crippen LogP) is 2.87. The molecule has 1 aromatic rings. The van der Waals surface area contributed by atoms with Crippen LogP contribution < -0.4 is 5.73 Å². The van der Waals surface area contributed by atoms with Crippen molar-refractivity contribution in [2.24, 2.45) is 5.73 Å². The van der Waals surface area contributed by atoms with Crippen LogP contribution in [0.1, 0.15) is 49.8 Å². The van der Waals surface area contributed by atoms with Crippen molar-refractivity contribution in [3.8, 4) is 0 Å². The lowest BCUT2D eigenvalue weighted by Crippen LogP contribution is -2.39. The summed E-state index contributed by atoms with van der Waals surface area (Å²) in [7, 11) is 2.16. The molecule has 0 saturated carbocycles. The Bertz CT molecular complexity index is 381. The maximum atomic E-state index is 8.85. The van der Waals surface area contributed by atoms with Gasteiger partial charge in [0.15, 0.2) is 0 Å². The van der Waals surface area contributed by atoms with Gasteiger partial charge in [-0.05, 0) is 57.3 Å².